The molecular weight excluding hydrogens is 208 g/mol. The van der Waals surface area contributed by atoms with E-state index < -0.39 is 0 Å². The van der Waals surface area contributed by atoms with Crippen LogP contribution in [0.15, 0.2) is 48.5 Å². The molecule has 0 unspecified atom stereocenters. The number of hydrogen-bond donors (Lipinski definition) is 0. The van der Waals surface area contributed by atoms with Crippen LogP contribution in [0.3, 0.4) is 0 Å². The molecule has 0 bridgehead atoms. The van der Waals surface area contributed by atoms with Crippen LogP contribution >= 0.6 is 0 Å². The molecule has 84 valence electrons. The molecule has 0 aliphatic heterocycles. The van der Waals surface area contributed by atoms with Crippen molar-refractivity contribution in [3.05, 3.63) is 70.8 Å². The molecule has 0 atom stereocenters. The largest absolute Gasteiger partial charge is 0.233 e. The Kier molecular flexibility index (Phi) is 3.22. The van der Waals surface area contributed by atoms with E-state index in [1.807, 2.05) is 56.3 Å². The summed E-state index contributed by atoms with van der Waals surface area (Å²) >= 11 is 0. The van der Waals surface area contributed by atoms with Crippen LogP contribution in [0.25, 0.3) is 5.57 Å². The minimum Gasteiger partial charge on any atom is -0.233 e. The zero-order valence-electron chi connectivity index (χ0n) is 10.0. The minimum atomic E-state index is 0.628. The molecule has 2 aromatic carbocycles. The van der Waals surface area contributed by atoms with Gasteiger partial charge in [0.05, 0.1) is 5.57 Å². The van der Waals surface area contributed by atoms with Crippen LogP contribution in [0.5, 0.6) is 0 Å². The molecule has 0 amide bonds. The van der Waals surface area contributed by atoms with Crippen LogP contribution in [0.1, 0.15) is 22.3 Å². The van der Waals surface area contributed by atoms with Crippen molar-refractivity contribution in [3.63, 3.8) is 0 Å². The highest BCUT2D eigenvalue weighted by atomic mass is 16.1. The summed E-state index contributed by atoms with van der Waals surface area (Å²) in [5, 5.41) is 0. The maximum atomic E-state index is 11.2. The number of hydrogen-bond acceptors (Lipinski definition) is 1. The van der Waals surface area contributed by atoms with Gasteiger partial charge in [-0.2, -0.15) is 0 Å². The molecule has 0 aliphatic carbocycles. The molecule has 0 radical (unpaired) electrons. The van der Waals surface area contributed by atoms with E-state index in [0.29, 0.717) is 5.57 Å². The van der Waals surface area contributed by atoms with Crippen molar-refractivity contribution in [2.24, 2.45) is 0 Å². The summed E-state index contributed by atoms with van der Waals surface area (Å²) < 4.78 is 0. The average Bonchev–Trinajstić information content (AvgIpc) is 2.34. The summed E-state index contributed by atoms with van der Waals surface area (Å²) in [5.41, 5.74) is 4.80. The lowest BCUT2D eigenvalue weighted by atomic mass is 9.94. The van der Waals surface area contributed by atoms with Gasteiger partial charge < -0.3 is 0 Å². The van der Waals surface area contributed by atoms with Gasteiger partial charge in [-0.05, 0) is 30.5 Å². The van der Waals surface area contributed by atoms with Crippen molar-refractivity contribution < 1.29 is 4.79 Å². The van der Waals surface area contributed by atoms with Gasteiger partial charge in [0, 0.05) is 0 Å². The summed E-state index contributed by atoms with van der Waals surface area (Å²) in [7, 11) is 0. The smallest absolute Gasteiger partial charge is 0.133 e. The predicted molar refractivity (Wildman–Crippen MR) is 70.6 cm³/mol. The Bertz CT molecular complexity index is 576. The zero-order valence-corrected chi connectivity index (χ0v) is 10.0. The second-order valence-electron chi connectivity index (χ2n) is 4.16. The quantitative estimate of drug-likeness (QED) is 0.710. The summed E-state index contributed by atoms with van der Waals surface area (Å²) in [6.07, 6.45) is 0. The maximum absolute atomic E-state index is 11.2. The molecule has 0 aliphatic rings. The van der Waals surface area contributed by atoms with E-state index in [1.165, 1.54) is 5.56 Å². The van der Waals surface area contributed by atoms with E-state index in [1.54, 1.807) is 0 Å². The first-order valence-electron chi connectivity index (χ1n) is 5.60. The van der Waals surface area contributed by atoms with Crippen molar-refractivity contribution in [2.45, 2.75) is 13.8 Å². The standard InChI is InChI=1S/C16H14O/c1-12-8-9-15(13(2)10-12)16(11-17)14-6-4-3-5-7-14/h3-10H,1-2H3. The Labute approximate surface area is 101 Å². The average molecular weight is 222 g/mol. The van der Waals surface area contributed by atoms with Crippen molar-refractivity contribution in [1.29, 1.82) is 0 Å². The van der Waals surface area contributed by atoms with E-state index in [2.05, 4.69) is 12.0 Å². The Morgan fingerprint density at radius 2 is 1.71 bits per heavy atom. The summed E-state index contributed by atoms with van der Waals surface area (Å²) in [5.74, 6) is 2.06. The van der Waals surface area contributed by atoms with Crippen molar-refractivity contribution >= 4 is 11.5 Å². The van der Waals surface area contributed by atoms with Crippen molar-refractivity contribution in [1.82, 2.24) is 0 Å². The van der Waals surface area contributed by atoms with Gasteiger partial charge in [0.25, 0.3) is 0 Å². The highest BCUT2D eigenvalue weighted by Gasteiger charge is 2.08. The second-order valence-corrected chi connectivity index (χ2v) is 4.16. The monoisotopic (exact) mass is 222 g/mol. The molecule has 0 aromatic heterocycles. The zero-order chi connectivity index (χ0) is 12.3. The molecule has 1 nitrogen and oxygen atoms in total. The lowest BCUT2D eigenvalue weighted by molar-refractivity contribution is 0.569. The van der Waals surface area contributed by atoms with Gasteiger partial charge in [-0.3, -0.25) is 0 Å². The van der Waals surface area contributed by atoms with Gasteiger partial charge in [0.2, 0.25) is 0 Å². The van der Waals surface area contributed by atoms with E-state index in [-0.39, 0.29) is 0 Å². The molecule has 0 saturated heterocycles. The van der Waals surface area contributed by atoms with E-state index in [0.717, 1.165) is 16.7 Å². The number of aryl methyl sites for hydroxylation is 2. The third-order valence-electron chi connectivity index (χ3n) is 2.82. The van der Waals surface area contributed by atoms with E-state index in [4.69, 9.17) is 0 Å². The molecule has 1 heteroatoms. The van der Waals surface area contributed by atoms with Crippen LogP contribution in [0.4, 0.5) is 0 Å². The molecule has 0 N–H and O–H groups in total. The lowest BCUT2D eigenvalue weighted by Crippen LogP contribution is -1.92. The Hall–Kier alpha value is -2.11. The van der Waals surface area contributed by atoms with Crippen LogP contribution in [0.2, 0.25) is 0 Å². The summed E-state index contributed by atoms with van der Waals surface area (Å²) in [4.78, 5) is 11.2. The topological polar surface area (TPSA) is 17.1 Å². The first kappa shape index (κ1) is 11.4. The molecule has 2 aromatic rings. The Balaban J connectivity index is 2.55. The Morgan fingerprint density at radius 1 is 1.00 bits per heavy atom. The fraction of sp³-hybridized carbons (Fsp3) is 0.125. The fourth-order valence-corrected chi connectivity index (χ4v) is 1.97. The minimum absolute atomic E-state index is 0.628. The van der Waals surface area contributed by atoms with Crippen molar-refractivity contribution in [3.8, 4) is 0 Å². The summed E-state index contributed by atoms with van der Waals surface area (Å²) in [6.45, 7) is 4.06. The van der Waals surface area contributed by atoms with Crippen LogP contribution in [0, 0.1) is 13.8 Å². The van der Waals surface area contributed by atoms with Gasteiger partial charge in [0.15, 0.2) is 0 Å². The molecule has 0 spiro atoms. The van der Waals surface area contributed by atoms with Gasteiger partial charge in [-0.1, -0.05) is 54.1 Å². The highest BCUT2D eigenvalue weighted by Crippen LogP contribution is 2.24. The molecular formula is C16H14O. The molecule has 0 saturated carbocycles. The first-order valence-corrected chi connectivity index (χ1v) is 5.60. The SMILES string of the molecule is Cc1ccc(C(=C=O)c2ccccc2)c(C)c1. The van der Waals surface area contributed by atoms with Crippen LogP contribution < -0.4 is 0 Å². The molecule has 17 heavy (non-hydrogen) atoms. The Morgan fingerprint density at radius 3 is 2.29 bits per heavy atom. The number of benzene rings is 2. The predicted octanol–water partition coefficient (Wildman–Crippen LogP) is 3.57. The molecule has 0 heterocycles. The van der Waals surface area contributed by atoms with E-state index in [9.17, 15) is 4.79 Å². The van der Waals surface area contributed by atoms with Gasteiger partial charge >= 0.3 is 0 Å². The second kappa shape index (κ2) is 4.82. The molecule has 0 fully saturated rings. The van der Waals surface area contributed by atoms with Gasteiger partial charge in [0.1, 0.15) is 5.94 Å². The fourth-order valence-electron chi connectivity index (χ4n) is 1.97. The molecule has 2 rings (SSSR count). The third-order valence-corrected chi connectivity index (χ3v) is 2.82. The van der Waals surface area contributed by atoms with Crippen LogP contribution in [-0.4, -0.2) is 5.94 Å². The van der Waals surface area contributed by atoms with Gasteiger partial charge in [-0.15, -0.1) is 0 Å². The number of carbonyl (C=O) groups excluding carboxylic acids is 1. The summed E-state index contributed by atoms with van der Waals surface area (Å²) in [6, 6.07) is 15.7. The van der Waals surface area contributed by atoms with Gasteiger partial charge in [-0.25, -0.2) is 4.79 Å². The first-order chi connectivity index (χ1) is 8.22. The number of rotatable bonds is 2. The highest BCUT2D eigenvalue weighted by molar-refractivity contribution is 5.97. The van der Waals surface area contributed by atoms with Crippen molar-refractivity contribution in [2.75, 3.05) is 0 Å². The third kappa shape index (κ3) is 2.35. The lowest BCUT2D eigenvalue weighted by Gasteiger charge is -2.08. The maximum Gasteiger partial charge on any atom is 0.133 e. The van der Waals surface area contributed by atoms with E-state index >= 15 is 0 Å². The van der Waals surface area contributed by atoms with Crippen LogP contribution in [-0.2, 0) is 4.79 Å². The normalized spacial score (nSPS) is 9.76.